The minimum Gasteiger partial charge on any atom is -0.381 e. The molecule has 0 aliphatic carbocycles. The molecule has 124 valence electrons. The number of fused-ring (bicyclic) bond motifs is 1. The van der Waals surface area contributed by atoms with Crippen LogP contribution in [0.4, 0.5) is 5.69 Å². The smallest absolute Gasteiger partial charge is 0.232 e. The summed E-state index contributed by atoms with van der Waals surface area (Å²) in [5.74, 6) is 0.744. The highest BCUT2D eigenvalue weighted by Gasteiger charge is 2.31. The molecule has 0 radical (unpaired) electrons. The predicted molar refractivity (Wildman–Crippen MR) is 93.6 cm³/mol. The molecule has 0 bridgehead atoms. The molecule has 1 amide bonds. The lowest BCUT2D eigenvalue weighted by molar-refractivity contribution is -0.122. The van der Waals surface area contributed by atoms with Crippen LogP contribution in [0.3, 0.4) is 0 Å². The van der Waals surface area contributed by atoms with Gasteiger partial charge in [-0.2, -0.15) is 0 Å². The van der Waals surface area contributed by atoms with Gasteiger partial charge in [0.2, 0.25) is 5.91 Å². The van der Waals surface area contributed by atoms with Crippen molar-refractivity contribution in [1.29, 1.82) is 0 Å². The van der Waals surface area contributed by atoms with Crippen molar-refractivity contribution in [2.24, 2.45) is 11.8 Å². The SMILES string of the molecule is CC(C)C[C@@H](C)N(C(=O)[C@H]1CCOC1)c1ccc2[nH]ccc2c1. The van der Waals surface area contributed by atoms with Crippen molar-refractivity contribution in [2.45, 2.75) is 39.7 Å². The largest absolute Gasteiger partial charge is 0.381 e. The maximum Gasteiger partial charge on any atom is 0.232 e. The molecule has 2 atom stereocenters. The fourth-order valence-corrected chi connectivity index (χ4v) is 3.50. The number of aromatic nitrogens is 1. The van der Waals surface area contributed by atoms with Crippen LogP contribution in [0.15, 0.2) is 30.5 Å². The van der Waals surface area contributed by atoms with Crippen molar-refractivity contribution in [3.8, 4) is 0 Å². The molecule has 1 N–H and O–H groups in total. The van der Waals surface area contributed by atoms with Crippen molar-refractivity contribution in [1.82, 2.24) is 4.98 Å². The van der Waals surface area contributed by atoms with Gasteiger partial charge in [0.25, 0.3) is 0 Å². The van der Waals surface area contributed by atoms with Crippen LogP contribution in [0.25, 0.3) is 10.9 Å². The van der Waals surface area contributed by atoms with Crippen LogP contribution in [-0.2, 0) is 9.53 Å². The van der Waals surface area contributed by atoms with Gasteiger partial charge < -0.3 is 14.6 Å². The summed E-state index contributed by atoms with van der Waals surface area (Å²) in [5, 5.41) is 1.14. The highest BCUT2D eigenvalue weighted by Crippen LogP contribution is 2.28. The van der Waals surface area contributed by atoms with Gasteiger partial charge in [-0.3, -0.25) is 4.79 Å². The molecule has 1 fully saturated rings. The molecule has 1 aliphatic heterocycles. The highest BCUT2D eigenvalue weighted by molar-refractivity contribution is 5.98. The Bertz CT molecular complexity index is 671. The second-order valence-corrected chi connectivity index (χ2v) is 7.00. The number of nitrogens with zero attached hydrogens (tertiary/aromatic N) is 1. The summed E-state index contributed by atoms with van der Waals surface area (Å²) in [4.78, 5) is 18.3. The Balaban J connectivity index is 1.93. The zero-order chi connectivity index (χ0) is 16.4. The third-order valence-corrected chi connectivity index (χ3v) is 4.58. The number of hydrogen-bond donors (Lipinski definition) is 1. The minimum absolute atomic E-state index is 0.00784. The fraction of sp³-hybridized carbons (Fsp3) is 0.526. The molecule has 1 saturated heterocycles. The number of aromatic amines is 1. The molecule has 0 unspecified atom stereocenters. The second kappa shape index (κ2) is 6.75. The second-order valence-electron chi connectivity index (χ2n) is 7.00. The number of amides is 1. The molecule has 4 nitrogen and oxygen atoms in total. The molecule has 1 aliphatic rings. The third-order valence-electron chi connectivity index (χ3n) is 4.58. The molecule has 3 rings (SSSR count). The molecule has 2 aromatic rings. The average Bonchev–Trinajstić information content (AvgIpc) is 3.17. The lowest BCUT2D eigenvalue weighted by Crippen LogP contribution is -2.43. The summed E-state index contributed by atoms with van der Waals surface area (Å²) in [6.07, 6.45) is 3.75. The van der Waals surface area contributed by atoms with Crippen LogP contribution >= 0.6 is 0 Å². The summed E-state index contributed by atoms with van der Waals surface area (Å²) in [6, 6.07) is 8.44. The molecule has 2 heterocycles. The lowest BCUT2D eigenvalue weighted by atomic mass is 9.99. The number of H-pyrrole nitrogens is 1. The maximum atomic E-state index is 13.1. The van der Waals surface area contributed by atoms with Crippen LogP contribution in [0.1, 0.15) is 33.6 Å². The number of hydrogen-bond acceptors (Lipinski definition) is 2. The number of benzene rings is 1. The van der Waals surface area contributed by atoms with Crippen LogP contribution in [0.5, 0.6) is 0 Å². The molecule has 1 aromatic carbocycles. The molecule has 0 spiro atoms. The first-order chi connectivity index (χ1) is 11.1. The van der Waals surface area contributed by atoms with Crippen molar-refractivity contribution >= 4 is 22.5 Å². The Morgan fingerprint density at radius 2 is 2.17 bits per heavy atom. The van der Waals surface area contributed by atoms with E-state index in [1.165, 1.54) is 0 Å². The van der Waals surface area contributed by atoms with Gasteiger partial charge in [0.1, 0.15) is 0 Å². The highest BCUT2D eigenvalue weighted by atomic mass is 16.5. The maximum absolute atomic E-state index is 13.1. The van der Waals surface area contributed by atoms with Gasteiger partial charge in [0, 0.05) is 35.4 Å². The molecular formula is C19H26N2O2. The van der Waals surface area contributed by atoms with E-state index in [1.807, 2.05) is 23.2 Å². The van der Waals surface area contributed by atoms with E-state index in [0.717, 1.165) is 29.4 Å². The monoisotopic (exact) mass is 314 g/mol. The first kappa shape index (κ1) is 16.1. The third kappa shape index (κ3) is 3.42. The van der Waals surface area contributed by atoms with Gasteiger partial charge in [-0.25, -0.2) is 0 Å². The topological polar surface area (TPSA) is 45.3 Å². The number of ether oxygens (including phenoxy) is 1. The average molecular weight is 314 g/mol. The van der Waals surface area contributed by atoms with E-state index in [2.05, 4.69) is 37.9 Å². The van der Waals surface area contributed by atoms with E-state index >= 15 is 0 Å². The van der Waals surface area contributed by atoms with Gasteiger partial charge in [-0.1, -0.05) is 13.8 Å². The zero-order valence-corrected chi connectivity index (χ0v) is 14.2. The molecule has 23 heavy (non-hydrogen) atoms. The number of anilines is 1. The minimum atomic E-state index is -0.00784. The number of rotatable bonds is 5. The normalized spacial score (nSPS) is 19.4. The van der Waals surface area contributed by atoms with E-state index in [0.29, 0.717) is 19.1 Å². The van der Waals surface area contributed by atoms with Crippen LogP contribution in [0, 0.1) is 11.8 Å². The summed E-state index contributed by atoms with van der Waals surface area (Å²) in [7, 11) is 0. The quantitative estimate of drug-likeness (QED) is 0.907. The van der Waals surface area contributed by atoms with E-state index in [4.69, 9.17) is 4.74 Å². The Kier molecular flexibility index (Phi) is 4.71. The summed E-state index contributed by atoms with van der Waals surface area (Å²) in [6.45, 7) is 7.80. The Morgan fingerprint density at radius 1 is 1.35 bits per heavy atom. The number of nitrogens with one attached hydrogen (secondary N) is 1. The van der Waals surface area contributed by atoms with Crippen molar-refractivity contribution in [2.75, 3.05) is 18.1 Å². The van der Waals surface area contributed by atoms with Crippen LogP contribution in [-0.4, -0.2) is 30.1 Å². The van der Waals surface area contributed by atoms with Gasteiger partial charge in [0.15, 0.2) is 0 Å². The number of carbonyl (C=O) groups excluding carboxylic acids is 1. The molecule has 0 saturated carbocycles. The van der Waals surface area contributed by atoms with Crippen LogP contribution < -0.4 is 4.90 Å². The van der Waals surface area contributed by atoms with Gasteiger partial charge >= 0.3 is 0 Å². The van der Waals surface area contributed by atoms with E-state index < -0.39 is 0 Å². The van der Waals surface area contributed by atoms with E-state index in [1.54, 1.807) is 0 Å². The first-order valence-electron chi connectivity index (χ1n) is 8.54. The zero-order valence-electron chi connectivity index (χ0n) is 14.2. The molecule has 1 aromatic heterocycles. The number of carbonyl (C=O) groups is 1. The molecular weight excluding hydrogens is 288 g/mol. The van der Waals surface area contributed by atoms with Crippen molar-refractivity contribution < 1.29 is 9.53 Å². The lowest BCUT2D eigenvalue weighted by Gasteiger charge is -2.32. The van der Waals surface area contributed by atoms with Gasteiger partial charge in [-0.05, 0) is 49.9 Å². The standard InChI is InChI=1S/C19H26N2O2/c1-13(2)10-14(3)21(19(22)16-7-9-23-12-16)17-4-5-18-15(11-17)6-8-20-18/h4-6,8,11,13-14,16,20H,7,9-10,12H2,1-3H3/t14-,16+/m1/s1. The van der Waals surface area contributed by atoms with Gasteiger partial charge in [0.05, 0.1) is 12.5 Å². The van der Waals surface area contributed by atoms with Crippen molar-refractivity contribution in [3.63, 3.8) is 0 Å². The Hall–Kier alpha value is -1.81. The fourth-order valence-electron chi connectivity index (χ4n) is 3.50. The van der Waals surface area contributed by atoms with E-state index in [-0.39, 0.29) is 17.9 Å². The Labute approximate surface area is 137 Å². The van der Waals surface area contributed by atoms with Crippen molar-refractivity contribution in [3.05, 3.63) is 30.5 Å². The van der Waals surface area contributed by atoms with E-state index in [9.17, 15) is 4.79 Å². The Morgan fingerprint density at radius 3 is 2.87 bits per heavy atom. The summed E-state index contributed by atoms with van der Waals surface area (Å²) in [5.41, 5.74) is 2.09. The summed E-state index contributed by atoms with van der Waals surface area (Å²) >= 11 is 0. The van der Waals surface area contributed by atoms with Gasteiger partial charge in [-0.15, -0.1) is 0 Å². The first-order valence-corrected chi connectivity index (χ1v) is 8.54. The van der Waals surface area contributed by atoms with Crippen LogP contribution in [0.2, 0.25) is 0 Å². The molecule has 4 heteroatoms. The summed E-state index contributed by atoms with van der Waals surface area (Å²) < 4.78 is 5.43. The predicted octanol–water partition coefficient (Wildman–Crippen LogP) is 3.97.